The van der Waals surface area contributed by atoms with Crippen molar-refractivity contribution in [2.24, 2.45) is 0 Å². The molecule has 160 valence electrons. The highest BCUT2D eigenvalue weighted by molar-refractivity contribution is 7.92. The van der Waals surface area contributed by atoms with E-state index < -0.39 is 10.0 Å². The first-order chi connectivity index (χ1) is 14.8. The Hall–Kier alpha value is -2.83. The van der Waals surface area contributed by atoms with Crippen LogP contribution in [0.4, 0.5) is 5.69 Å². The number of sulfonamides is 1. The number of amides is 1. The summed E-state index contributed by atoms with van der Waals surface area (Å²) in [5.41, 5.74) is 4.23. The molecule has 0 radical (unpaired) electrons. The number of carbonyl (C=O) groups is 1. The quantitative estimate of drug-likeness (QED) is 0.542. The molecular weight excluding hydrogens is 432 g/mol. The van der Waals surface area contributed by atoms with Gasteiger partial charge in [0.15, 0.2) is 0 Å². The molecule has 1 amide bonds. The van der Waals surface area contributed by atoms with Crippen LogP contribution < -0.4 is 10.0 Å². The van der Waals surface area contributed by atoms with Crippen molar-refractivity contribution in [2.75, 3.05) is 4.72 Å². The molecule has 0 aliphatic heterocycles. The Labute approximate surface area is 187 Å². The largest absolute Gasteiger partial charge is 0.345 e. The SMILES string of the molecule is C[C@H](NC(=O)c1cc(NS(=O)(=O)c2ccccc2)ccc1Cl)c1ccc2c(c1)CCC2. The fourth-order valence-electron chi connectivity index (χ4n) is 3.80. The molecule has 1 aliphatic carbocycles. The second-order valence-electron chi connectivity index (χ2n) is 7.69. The molecule has 4 rings (SSSR count). The highest BCUT2D eigenvalue weighted by Crippen LogP contribution is 2.27. The van der Waals surface area contributed by atoms with Crippen LogP contribution in [0.1, 0.15) is 46.4 Å². The summed E-state index contributed by atoms with van der Waals surface area (Å²) in [5.74, 6) is -0.362. The van der Waals surface area contributed by atoms with Gasteiger partial charge in [0, 0.05) is 5.69 Å². The van der Waals surface area contributed by atoms with Gasteiger partial charge < -0.3 is 5.32 Å². The minimum atomic E-state index is -3.77. The molecule has 3 aromatic carbocycles. The number of aryl methyl sites for hydroxylation is 2. The summed E-state index contributed by atoms with van der Waals surface area (Å²) in [7, 11) is -3.77. The second kappa shape index (κ2) is 8.73. The van der Waals surface area contributed by atoms with Crippen LogP contribution in [0, 0.1) is 0 Å². The van der Waals surface area contributed by atoms with E-state index in [0.717, 1.165) is 18.4 Å². The van der Waals surface area contributed by atoms with E-state index in [2.05, 4.69) is 22.2 Å². The van der Waals surface area contributed by atoms with Crippen molar-refractivity contribution in [3.63, 3.8) is 0 Å². The van der Waals surface area contributed by atoms with Crippen molar-refractivity contribution in [2.45, 2.75) is 37.1 Å². The summed E-state index contributed by atoms with van der Waals surface area (Å²) in [6.07, 6.45) is 3.34. The van der Waals surface area contributed by atoms with Gasteiger partial charge in [-0.3, -0.25) is 9.52 Å². The molecule has 0 spiro atoms. The summed E-state index contributed by atoms with van der Waals surface area (Å²) in [6.45, 7) is 1.92. The number of hydrogen-bond donors (Lipinski definition) is 2. The standard InChI is InChI=1S/C24H23ClN2O3S/c1-16(18-11-10-17-6-5-7-19(17)14-18)26-24(28)22-15-20(12-13-23(22)25)27-31(29,30)21-8-3-2-4-9-21/h2-4,8-16,27H,5-7H2,1H3,(H,26,28)/t16-/m0/s1. The summed E-state index contributed by atoms with van der Waals surface area (Å²) < 4.78 is 27.7. The van der Waals surface area contributed by atoms with Crippen molar-refractivity contribution in [1.29, 1.82) is 0 Å². The van der Waals surface area contributed by atoms with Gasteiger partial charge in [-0.2, -0.15) is 0 Å². The predicted molar refractivity (Wildman–Crippen MR) is 123 cm³/mol. The Morgan fingerprint density at radius 3 is 2.48 bits per heavy atom. The average Bonchev–Trinajstić information content (AvgIpc) is 3.23. The summed E-state index contributed by atoms with van der Waals surface area (Å²) in [5, 5.41) is 3.22. The monoisotopic (exact) mass is 454 g/mol. The zero-order chi connectivity index (χ0) is 22.0. The maximum atomic E-state index is 12.9. The number of anilines is 1. The van der Waals surface area contributed by atoms with E-state index in [9.17, 15) is 13.2 Å². The number of carbonyl (C=O) groups excluding carboxylic acids is 1. The lowest BCUT2D eigenvalue weighted by Gasteiger charge is -2.17. The molecule has 0 fully saturated rings. The van der Waals surface area contributed by atoms with Gasteiger partial charge in [-0.25, -0.2) is 8.42 Å². The molecule has 0 saturated heterocycles. The van der Waals surface area contributed by atoms with Crippen molar-refractivity contribution in [3.8, 4) is 0 Å². The van der Waals surface area contributed by atoms with Crippen LogP contribution in [0.3, 0.4) is 0 Å². The number of rotatable bonds is 6. The molecule has 0 saturated carbocycles. The van der Waals surface area contributed by atoms with Gasteiger partial charge >= 0.3 is 0 Å². The average molecular weight is 455 g/mol. The fourth-order valence-corrected chi connectivity index (χ4v) is 5.07. The molecular formula is C24H23ClN2O3S. The van der Waals surface area contributed by atoms with E-state index in [1.165, 1.54) is 47.9 Å². The molecule has 31 heavy (non-hydrogen) atoms. The van der Waals surface area contributed by atoms with E-state index >= 15 is 0 Å². The Morgan fingerprint density at radius 1 is 0.968 bits per heavy atom. The Balaban J connectivity index is 1.52. The highest BCUT2D eigenvalue weighted by atomic mass is 35.5. The number of nitrogens with one attached hydrogen (secondary N) is 2. The van der Waals surface area contributed by atoms with Crippen LogP contribution >= 0.6 is 11.6 Å². The molecule has 1 atom stereocenters. The van der Waals surface area contributed by atoms with E-state index in [1.807, 2.05) is 13.0 Å². The minimum Gasteiger partial charge on any atom is -0.345 e. The van der Waals surface area contributed by atoms with Gasteiger partial charge in [-0.15, -0.1) is 0 Å². The smallest absolute Gasteiger partial charge is 0.261 e. The predicted octanol–water partition coefficient (Wildman–Crippen LogP) is 5.12. The lowest BCUT2D eigenvalue weighted by Crippen LogP contribution is -2.27. The number of benzene rings is 3. The van der Waals surface area contributed by atoms with Gasteiger partial charge in [0.05, 0.1) is 21.5 Å². The van der Waals surface area contributed by atoms with E-state index in [1.54, 1.807) is 18.2 Å². The minimum absolute atomic E-state index is 0.140. The molecule has 2 N–H and O–H groups in total. The zero-order valence-corrected chi connectivity index (χ0v) is 18.6. The van der Waals surface area contributed by atoms with E-state index in [-0.39, 0.29) is 33.1 Å². The van der Waals surface area contributed by atoms with Gasteiger partial charge in [-0.1, -0.05) is 48.0 Å². The number of hydrogen-bond acceptors (Lipinski definition) is 3. The van der Waals surface area contributed by atoms with Gasteiger partial charge in [-0.05, 0) is 73.2 Å². The Bertz CT molecular complexity index is 1230. The molecule has 7 heteroatoms. The van der Waals surface area contributed by atoms with E-state index in [4.69, 9.17) is 11.6 Å². The number of halogens is 1. The third kappa shape index (κ3) is 4.75. The topological polar surface area (TPSA) is 75.3 Å². The third-order valence-corrected chi connectivity index (χ3v) is 7.21. The summed E-state index contributed by atoms with van der Waals surface area (Å²) in [6, 6.07) is 18.7. The molecule has 0 unspecified atom stereocenters. The highest BCUT2D eigenvalue weighted by Gasteiger charge is 2.19. The maximum Gasteiger partial charge on any atom is 0.261 e. The molecule has 0 bridgehead atoms. The molecule has 5 nitrogen and oxygen atoms in total. The summed E-state index contributed by atoms with van der Waals surface area (Å²) in [4.78, 5) is 13.0. The van der Waals surface area contributed by atoms with Crippen molar-refractivity contribution in [1.82, 2.24) is 5.32 Å². The van der Waals surface area contributed by atoms with Gasteiger partial charge in [0.1, 0.15) is 0 Å². The first kappa shape index (κ1) is 21.4. The van der Waals surface area contributed by atoms with Crippen LogP contribution in [-0.4, -0.2) is 14.3 Å². The normalized spacial score (nSPS) is 14.0. The zero-order valence-electron chi connectivity index (χ0n) is 17.1. The van der Waals surface area contributed by atoms with Crippen molar-refractivity contribution in [3.05, 3.63) is 94.0 Å². The lowest BCUT2D eigenvalue weighted by atomic mass is 10.0. The lowest BCUT2D eigenvalue weighted by molar-refractivity contribution is 0.0940. The van der Waals surface area contributed by atoms with Gasteiger partial charge in [0.25, 0.3) is 15.9 Å². The fraction of sp³-hybridized carbons (Fsp3) is 0.208. The molecule has 1 aliphatic rings. The third-order valence-electron chi connectivity index (χ3n) is 5.49. The van der Waals surface area contributed by atoms with Crippen molar-refractivity contribution >= 4 is 33.2 Å². The first-order valence-electron chi connectivity index (χ1n) is 10.1. The van der Waals surface area contributed by atoms with Gasteiger partial charge in [0.2, 0.25) is 0 Å². The molecule has 3 aromatic rings. The van der Waals surface area contributed by atoms with Crippen LogP contribution in [0.2, 0.25) is 5.02 Å². The van der Waals surface area contributed by atoms with Crippen molar-refractivity contribution < 1.29 is 13.2 Å². The molecule has 0 heterocycles. The van der Waals surface area contributed by atoms with Crippen LogP contribution in [-0.2, 0) is 22.9 Å². The second-order valence-corrected chi connectivity index (χ2v) is 9.78. The summed E-state index contributed by atoms with van der Waals surface area (Å²) >= 11 is 6.25. The Kier molecular flexibility index (Phi) is 6.03. The Morgan fingerprint density at radius 2 is 1.71 bits per heavy atom. The van der Waals surface area contributed by atoms with Crippen LogP contribution in [0.25, 0.3) is 0 Å². The first-order valence-corrected chi connectivity index (χ1v) is 12.0. The maximum absolute atomic E-state index is 12.9. The molecule has 0 aromatic heterocycles. The number of fused-ring (bicyclic) bond motifs is 1. The van der Waals surface area contributed by atoms with Crippen LogP contribution in [0.5, 0.6) is 0 Å². The van der Waals surface area contributed by atoms with E-state index in [0.29, 0.717) is 0 Å². The van der Waals surface area contributed by atoms with Crippen LogP contribution in [0.15, 0.2) is 71.6 Å².